The Morgan fingerprint density at radius 2 is 2.04 bits per heavy atom. The first-order chi connectivity index (χ1) is 11.8. The van der Waals surface area contributed by atoms with E-state index < -0.39 is 6.37 Å². The van der Waals surface area contributed by atoms with Crippen molar-refractivity contribution in [3.05, 3.63) is 60.0 Å². The molecule has 4 aromatic rings. The van der Waals surface area contributed by atoms with Crippen LogP contribution in [0.15, 0.2) is 53.3 Å². The fourth-order valence-electron chi connectivity index (χ4n) is 3.08. The van der Waals surface area contributed by atoms with E-state index in [-0.39, 0.29) is 0 Å². The van der Waals surface area contributed by atoms with Gasteiger partial charge in [0.25, 0.3) is 0 Å². The van der Waals surface area contributed by atoms with Crippen molar-refractivity contribution in [3.8, 4) is 11.3 Å². The summed E-state index contributed by atoms with van der Waals surface area (Å²) in [4.78, 5) is 4.21. The van der Waals surface area contributed by atoms with Crippen LogP contribution < -0.4 is 4.57 Å². The average molecular weight is 305 g/mol. The molecule has 23 heavy (non-hydrogen) atoms. The van der Waals surface area contributed by atoms with Crippen LogP contribution in [0.1, 0.15) is 20.8 Å². The molecule has 0 spiro atoms. The number of nitrogens with zero attached hydrogens (tertiary/aromatic N) is 2. The number of pyridine rings is 2. The van der Waals surface area contributed by atoms with E-state index in [0.29, 0.717) is 5.56 Å². The molecule has 0 saturated heterocycles. The molecular formula is C20H19N2O+. The highest BCUT2D eigenvalue weighted by Gasteiger charge is 2.16. The quantitative estimate of drug-likeness (QED) is 0.516. The highest BCUT2D eigenvalue weighted by molar-refractivity contribution is 6.06. The van der Waals surface area contributed by atoms with Gasteiger partial charge in [0.2, 0.25) is 5.69 Å². The molecule has 0 radical (unpaired) electrons. The molecule has 0 aliphatic rings. The third-order valence-corrected chi connectivity index (χ3v) is 4.32. The number of furan rings is 1. The maximum atomic E-state index is 7.90. The van der Waals surface area contributed by atoms with Crippen molar-refractivity contribution in [2.75, 3.05) is 0 Å². The van der Waals surface area contributed by atoms with Crippen molar-refractivity contribution in [2.24, 2.45) is 7.05 Å². The van der Waals surface area contributed by atoms with Crippen LogP contribution in [-0.4, -0.2) is 4.98 Å². The highest BCUT2D eigenvalue weighted by atomic mass is 16.3. The Morgan fingerprint density at radius 1 is 1.17 bits per heavy atom. The first kappa shape index (κ1) is 11.8. The van der Waals surface area contributed by atoms with Gasteiger partial charge in [0.15, 0.2) is 6.20 Å². The molecule has 3 heteroatoms. The van der Waals surface area contributed by atoms with Crippen LogP contribution in [-0.2, 0) is 13.4 Å². The van der Waals surface area contributed by atoms with Crippen LogP contribution in [0.25, 0.3) is 33.2 Å². The summed E-state index contributed by atoms with van der Waals surface area (Å²) in [5, 5.41) is 2.04. The number of rotatable bonds is 2. The van der Waals surface area contributed by atoms with Crippen LogP contribution in [0.2, 0.25) is 0 Å². The number of fused-ring (bicyclic) bond motifs is 3. The van der Waals surface area contributed by atoms with Crippen molar-refractivity contribution in [3.63, 3.8) is 0 Å². The lowest BCUT2D eigenvalue weighted by atomic mass is 10.0. The lowest BCUT2D eigenvalue weighted by Gasteiger charge is -2.06. The second kappa shape index (κ2) is 5.20. The predicted molar refractivity (Wildman–Crippen MR) is 92.2 cm³/mol. The minimum atomic E-state index is -1.36. The maximum Gasteiger partial charge on any atom is 0.212 e. The van der Waals surface area contributed by atoms with Gasteiger partial charge in [-0.25, -0.2) is 4.57 Å². The molecule has 0 bridgehead atoms. The Labute approximate surface area is 138 Å². The van der Waals surface area contributed by atoms with E-state index in [1.54, 1.807) is 13.1 Å². The zero-order chi connectivity index (χ0) is 17.8. The van der Waals surface area contributed by atoms with E-state index in [9.17, 15) is 0 Å². The molecule has 114 valence electrons. The van der Waals surface area contributed by atoms with Crippen molar-refractivity contribution in [1.29, 1.82) is 0 Å². The fourth-order valence-corrected chi connectivity index (χ4v) is 3.08. The summed E-state index contributed by atoms with van der Waals surface area (Å²) in [5.41, 5.74) is 5.60. The van der Waals surface area contributed by atoms with Crippen molar-refractivity contribution in [1.82, 2.24) is 4.98 Å². The van der Waals surface area contributed by atoms with Crippen molar-refractivity contribution < 1.29 is 11.7 Å². The summed E-state index contributed by atoms with van der Waals surface area (Å²) in [5.74, 6) is 0. The molecule has 3 heterocycles. The normalized spacial score (nSPS) is 13.3. The van der Waals surface area contributed by atoms with Gasteiger partial charge in [0.1, 0.15) is 18.2 Å². The molecule has 0 N–H and O–H groups in total. The Morgan fingerprint density at radius 3 is 2.83 bits per heavy atom. The van der Waals surface area contributed by atoms with Gasteiger partial charge >= 0.3 is 0 Å². The summed E-state index contributed by atoms with van der Waals surface area (Å²) >= 11 is 0. The lowest BCUT2D eigenvalue weighted by Crippen LogP contribution is -2.31. The van der Waals surface area contributed by atoms with Crippen molar-refractivity contribution in [2.45, 2.75) is 20.2 Å². The van der Waals surface area contributed by atoms with Crippen LogP contribution in [0.5, 0.6) is 0 Å². The van der Waals surface area contributed by atoms with E-state index in [1.165, 1.54) is 0 Å². The molecule has 3 aromatic heterocycles. The molecule has 0 fully saturated rings. The van der Waals surface area contributed by atoms with E-state index in [4.69, 9.17) is 7.16 Å². The zero-order valence-corrected chi connectivity index (χ0v) is 13.4. The highest BCUT2D eigenvalue weighted by Crippen LogP contribution is 2.33. The van der Waals surface area contributed by atoms with Crippen LogP contribution in [0, 0.1) is 6.92 Å². The summed E-state index contributed by atoms with van der Waals surface area (Å²) in [6, 6.07) is 9.90. The predicted octanol–water partition coefficient (Wildman–Crippen LogP) is 4.34. The second-order valence-electron chi connectivity index (χ2n) is 5.80. The maximum absolute atomic E-state index is 7.90. The van der Waals surface area contributed by atoms with Crippen LogP contribution in [0.4, 0.5) is 0 Å². The molecule has 4 rings (SSSR count). The fraction of sp³-hybridized carbons (Fsp3) is 0.200. The summed E-state index contributed by atoms with van der Waals surface area (Å²) in [6.45, 7) is 3.64. The first-order valence-corrected chi connectivity index (χ1v) is 7.62. The molecule has 0 amide bonds. The molecule has 0 aliphatic carbocycles. The number of aromatic nitrogens is 2. The molecule has 3 nitrogen and oxygen atoms in total. The van der Waals surface area contributed by atoms with Gasteiger partial charge in [0.05, 0.1) is 0 Å². The minimum absolute atomic E-state index is 0.662. The molecule has 0 unspecified atom stereocenters. The summed E-state index contributed by atoms with van der Waals surface area (Å²) in [7, 11) is 1.95. The average Bonchev–Trinajstić information content (AvgIpc) is 2.90. The van der Waals surface area contributed by atoms with E-state index >= 15 is 0 Å². The number of hydrogen-bond acceptors (Lipinski definition) is 2. The van der Waals surface area contributed by atoms with E-state index in [2.05, 4.69) is 24.0 Å². The molecule has 0 atom stereocenters. The van der Waals surface area contributed by atoms with Gasteiger partial charge in [-0.1, -0.05) is 6.92 Å². The Balaban J connectivity index is 1.94. The van der Waals surface area contributed by atoms with Crippen LogP contribution >= 0.6 is 0 Å². The third-order valence-electron chi connectivity index (χ3n) is 4.32. The second-order valence-corrected chi connectivity index (χ2v) is 5.80. The standard InChI is InChI=1S/C20H19N2O/c1-4-14-5-6-18(22(3)12-14)15-10-16-17-11-21-8-7-19(17)23-20(16)9-13(15)2/h5-12H,4H2,1-3H3/q+1/i4D2. The van der Waals surface area contributed by atoms with Gasteiger partial charge in [-0.3, -0.25) is 4.98 Å². The minimum Gasteiger partial charge on any atom is -0.456 e. The Hall–Kier alpha value is -2.68. The SMILES string of the molecule is [2H]C([2H])(C)c1ccc(-c2cc3c(cc2C)oc2ccncc23)[n+](C)c1. The van der Waals surface area contributed by atoms with Gasteiger partial charge in [-0.2, -0.15) is 0 Å². The zero-order valence-electron chi connectivity index (χ0n) is 15.4. The molecular weight excluding hydrogens is 284 g/mol. The molecule has 0 aliphatic heterocycles. The van der Waals surface area contributed by atoms with Gasteiger partial charge in [0, 0.05) is 43.1 Å². The lowest BCUT2D eigenvalue weighted by molar-refractivity contribution is -0.660. The summed E-state index contributed by atoms with van der Waals surface area (Å²) in [6.07, 6.45) is 4.06. The number of hydrogen-bond donors (Lipinski definition) is 0. The van der Waals surface area contributed by atoms with E-state index in [1.807, 2.05) is 42.2 Å². The topological polar surface area (TPSA) is 29.9 Å². The van der Waals surface area contributed by atoms with E-state index in [0.717, 1.165) is 38.8 Å². The smallest absolute Gasteiger partial charge is 0.212 e. The van der Waals surface area contributed by atoms with Crippen LogP contribution in [0.3, 0.4) is 0 Å². The van der Waals surface area contributed by atoms with Gasteiger partial charge < -0.3 is 4.42 Å². The number of benzene rings is 1. The monoisotopic (exact) mass is 305 g/mol. The van der Waals surface area contributed by atoms with Gasteiger partial charge in [-0.15, -0.1) is 0 Å². The number of aryl methyl sites for hydroxylation is 3. The van der Waals surface area contributed by atoms with Gasteiger partial charge in [-0.05, 0) is 43.1 Å². The summed E-state index contributed by atoms with van der Waals surface area (Å²) < 4.78 is 23.7. The molecule has 1 aromatic carbocycles. The van der Waals surface area contributed by atoms with Crippen molar-refractivity contribution >= 4 is 21.9 Å². The largest absolute Gasteiger partial charge is 0.456 e. The third kappa shape index (κ3) is 2.20. The Bertz CT molecular complexity index is 1110. The first-order valence-electron chi connectivity index (χ1n) is 8.62. The Kier molecular flexibility index (Phi) is 2.67. The molecule has 0 saturated carbocycles.